The normalized spacial score (nSPS) is 12.2. The Hall–Kier alpha value is -1.51. The van der Waals surface area contributed by atoms with E-state index in [0.717, 1.165) is 18.4 Å². The first-order valence-corrected chi connectivity index (χ1v) is 6.65. The third-order valence-electron chi connectivity index (χ3n) is 3.07. The lowest BCUT2D eigenvalue weighted by atomic mass is 10.1. The zero-order valence-corrected chi connectivity index (χ0v) is 11.5. The molecule has 0 aromatic heterocycles. The van der Waals surface area contributed by atoms with E-state index in [1.165, 1.54) is 12.8 Å². The number of benzene rings is 1. The number of carbonyl (C=O) groups is 1. The number of aryl methyl sites for hydroxylation is 1. The lowest BCUT2D eigenvalue weighted by molar-refractivity contribution is 0.0937. The second-order valence-corrected chi connectivity index (χ2v) is 4.87. The van der Waals surface area contributed by atoms with Gasteiger partial charge >= 0.3 is 0 Å². The second kappa shape index (κ2) is 7.04. The summed E-state index contributed by atoms with van der Waals surface area (Å²) in [5.41, 5.74) is 1.43. The minimum Gasteiger partial charge on any atom is -0.508 e. The van der Waals surface area contributed by atoms with E-state index in [2.05, 4.69) is 12.2 Å². The summed E-state index contributed by atoms with van der Waals surface area (Å²) in [6.07, 6.45) is 4.55. The van der Waals surface area contributed by atoms with E-state index in [0.29, 0.717) is 5.56 Å². The summed E-state index contributed by atoms with van der Waals surface area (Å²) < 4.78 is 0. The Balaban J connectivity index is 2.54. The van der Waals surface area contributed by atoms with Crippen LogP contribution in [0.25, 0.3) is 0 Å². The molecule has 0 bridgehead atoms. The average molecular weight is 249 g/mol. The fourth-order valence-corrected chi connectivity index (χ4v) is 1.98. The van der Waals surface area contributed by atoms with Gasteiger partial charge in [0.1, 0.15) is 5.75 Å². The Labute approximate surface area is 109 Å². The molecule has 0 spiro atoms. The minimum absolute atomic E-state index is 0.0588. The monoisotopic (exact) mass is 249 g/mol. The van der Waals surface area contributed by atoms with Crippen molar-refractivity contribution < 1.29 is 9.90 Å². The van der Waals surface area contributed by atoms with Crippen molar-refractivity contribution in [3.8, 4) is 5.75 Å². The molecule has 18 heavy (non-hydrogen) atoms. The molecule has 2 N–H and O–H groups in total. The highest BCUT2D eigenvalue weighted by Crippen LogP contribution is 2.16. The zero-order chi connectivity index (χ0) is 13.5. The van der Waals surface area contributed by atoms with Crippen molar-refractivity contribution in [3.63, 3.8) is 0 Å². The van der Waals surface area contributed by atoms with E-state index in [-0.39, 0.29) is 17.7 Å². The molecule has 1 amide bonds. The Morgan fingerprint density at radius 3 is 2.72 bits per heavy atom. The summed E-state index contributed by atoms with van der Waals surface area (Å²) in [4.78, 5) is 12.0. The predicted octanol–water partition coefficient (Wildman–Crippen LogP) is 3.40. The van der Waals surface area contributed by atoms with Crippen LogP contribution in [-0.2, 0) is 0 Å². The number of amides is 1. The first-order valence-electron chi connectivity index (χ1n) is 6.65. The van der Waals surface area contributed by atoms with Crippen LogP contribution in [0.15, 0.2) is 18.2 Å². The van der Waals surface area contributed by atoms with Crippen LogP contribution in [0.3, 0.4) is 0 Å². The van der Waals surface area contributed by atoms with Crippen LogP contribution >= 0.6 is 0 Å². The third kappa shape index (κ3) is 4.40. The molecule has 1 rings (SSSR count). The van der Waals surface area contributed by atoms with Crippen molar-refractivity contribution in [2.24, 2.45) is 0 Å². The van der Waals surface area contributed by atoms with E-state index >= 15 is 0 Å². The summed E-state index contributed by atoms with van der Waals surface area (Å²) in [7, 11) is 0. The smallest absolute Gasteiger partial charge is 0.251 e. The number of rotatable bonds is 6. The number of unbranched alkanes of at least 4 members (excludes halogenated alkanes) is 2. The first-order chi connectivity index (χ1) is 8.54. The second-order valence-electron chi connectivity index (χ2n) is 4.87. The first kappa shape index (κ1) is 14.6. The van der Waals surface area contributed by atoms with Crippen LogP contribution in [0, 0.1) is 6.92 Å². The zero-order valence-electron chi connectivity index (χ0n) is 11.5. The molecule has 3 heteroatoms. The quantitative estimate of drug-likeness (QED) is 0.759. The molecule has 1 unspecified atom stereocenters. The van der Waals surface area contributed by atoms with Crippen LogP contribution in [0.4, 0.5) is 0 Å². The Bertz CT molecular complexity index is 401. The van der Waals surface area contributed by atoms with E-state index in [4.69, 9.17) is 0 Å². The number of hydrogen-bond acceptors (Lipinski definition) is 2. The summed E-state index contributed by atoms with van der Waals surface area (Å²) in [6, 6.07) is 5.01. The van der Waals surface area contributed by atoms with Gasteiger partial charge in [0.2, 0.25) is 0 Å². The van der Waals surface area contributed by atoms with Gasteiger partial charge in [-0.25, -0.2) is 0 Å². The Kier molecular flexibility index (Phi) is 5.69. The number of hydrogen-bond donors (Lipinski definition) is 2. The third-order valence-corrected chi connectivity index (χ3v) is 3.07. The van der Waals surface area contributed by atoms with Gasteiger partial charge in [0.05, 0.1) is 0 Å². The minimum atomic E-state index is -0.0588. The van der Waals surface area contributed by atoms with Gasteiger partial charge in [-0.2, -0.15) is 0 Å². The highest BCUT2D eigenvalue weighted by molar-refractivity contribution is 5.95. The standard InChI is InChI=1S/C15H23NO2/c1-4-5-6-7-12(3)16-15(18)14-9-8-13(17)10-11(14)2/h8-10,12,17H,4-7H2,1-3H3,(H,16,18). The molecule has 0 aliphatic carbocycles. The molecule has 0 heterocycles. The van der Waals surface area contributed by atoms with E-state index in [1.807, 2.05) is 13.8 Å². The molecule has 1 aromatic rings. The van der Waals surface area contributed by atoms with E-state index in [9.17, 15) is 9.90 Å². The van der Waals surface area contributed by atoms with Crippen LogP contribution in [0.5, 0.6) is 5.75 Å². The van der Waals surface area contributed by atoms with E-state index < -0.39 is 0 Å². The molecule has 3 nitrogen and oxygen atoms in total. The number of aromatic hydroxyl groups is 1. The van der Waals surface area contributed by atoms with Crippen molar-refractivity contribution >= 4 is 5.91 Å². The molecule has 0 fully saturated rings. The predicted molar refractivity (Wildman–Crippen MR) is 73.9 cm³/mol. The fraction of sp³-hybridized carbons (Fsp3) is 0.533. The van der Waals surface area contributed by atoms with Crippen LogP contribution in [0.1, 0.15) is 55.5 Å². The van der Waals surface area contributed by atoms with Gasteiger partial charge < -0.3 is 10.4 Å². The van der Waals surface area contributed by atoms with Crippen molar-refractivity contribution in [3.05, 3.63) is 29.3 Å². The van der Waals surface area contributed by atoms with Crippen molar-refractivity contribution in [2.75, 3.05) is 0 Å². The molecule has 1 aromatic carbocycles. The maximum atomic E-state index is 12.0. The van der Waals surface area contributed by atoms with Crippen LogP contribution in [0.2, 0.25) is 0 Å². The highest BCUT2D eigenvalue weighted by Gasteiger charge is 2.12. The lowest BCUT2D eigenvalue weighted by Crippen LogP contribution is -2.32. The molecule has 0 saturated heterocycles. The average Bonchev–Trinajstić information content (AvgIpc) is 2.28. The fourth-order valence-electron chi connectivity index (χ4n) is 1.98. The van der Waals surface area contributed by atoms with Crippen LogP contribution < -0.4 is 5.32 Å². The van der Waals surface area contributed by atoms with E-state index in [1.54, 1.807) is 18.2 Å². The van der Waals surface area contributed by atoms with Crippen molar-refractivity contribution in [2.45, 2.75) is 52.5 Å². The van der Waals surface area contributed by atoms with Gasteiger partial charge in [-0.05, 0) is 44.0 Å². The summed E-state index contributed by atoms with van der Waals surface area (Å²) >= 11 is 0. The number of phenols is 1. The highest BCUT2D eigenvalue weighted by atomic mass is 16.3. The molecule has 0 radical (unpaired) electrons. The number of phenolic OH excluding ortho intramolecular Hbond substituents is 1. The van der Waals surface area contributed by atoms with Gasteiger partial charge in [0.15, 0.2) is 0 Å². The molecule has 0 aliphatic heterocycles. The van der Waals surface area contributed by atoms with Gasteiger partial charge in [-0.1, -0.05) is 26.2 Å². The van der Waals surface area contributed by atoms with Gasteiger partial charge in [0, 0.05) is 11.6 Å². The molecular formula is C15H23NO2. The van der Waals surface area contributed by atoms with Gasteiger partial charge in [-0.15, -0.1) is 0 Å². The SMILES string of the molecule is CCCCCC(C)NC(=O)c1ccc(O)cc1C. The maximum Gasteiger partial charge on any atom is 0.251 e. The summed E-state index contributed by atoms with van der Waals surface area (Å²) in [5, 5.41) is 12.3. The molecule has 100 valence electrons. The van der Waals surface area contributed by atoms with Crippen LogP contribution in [-0.4, -0.2) is 17.1 Å². The molecule has 0 saturated carbocycles. The van der Waals surface area contributed by atoms with Crippen molar-refractivity contribution in [1.29, 1.82) is 0 Å². The maximum absolute atomic E-state index is 12.0. The summed E-state index contributed by atoms with van der Waals surface area (Å²) in [6.45, 7) is 6.03. The number of nitrogens with one attached hydrogen (secondary N) is 1. The Morgan fingerprint density at radius 1 is 1.39 bits per heavy atom. The Morgan fingerprint density at radius 2 is 2.11 bits per heavy atom. The summed E-state index contributed by atoms with van der Waals surface area (Å²) in [5.74, 6) is 0.136. The molecule has 1 atom stereocenters. The van der Waals surface area contributed by atoms with Crippen molar-refractivity contribution in [1.82, 2.24) is 5.32 Å². The topological polar surface area (TPSA) is 49.3 Å². The number of carbonyl (C=O) groups excluding carboxylic acids is 1. The molecular weight excluding hydrogens is 226 g/mol. The molecule has 0 aliphatic rings. The lowest BCUT2D eigenvalue weighted by Gasteiger charge is -2.14. The van der Waals surface area contributed by atoms with Gasteiger partial charge in [0.25, 0.3) is 5.91 Å². The largest absolute Gasteiger partial charge is 0.508 e. The van der Waals surface area contributed by atoms with Gasteiger partial charge in [-0.3, -0.25) is 4.79 Å².